The lowest BCUT2D eigenvalue weighted by Gasteiger charge is -2.34. The third-order valence-electron chi connectivity index (χ3n) is 5.39. The van der Waals surface area contributed by atoms with Gasteiger partial charge in [-0.2, -0.15) is 4.31 Å². The van der Waals surface area contributed by atoms with Crippen molar-refractivity contribution in [2.24, 2.45) is 0 Å². The molecule has 1 aromatic rings. The maximum absolute atomic E-state index is 13.2. The third-order valence-corrected chi connectivity index (χ3v) is 7.43. The summed E-state index contributed by atoms with van der Waals surface area (Å²) in [6.07, 6.45) is 0.894. The highest BCUT2D eigenvalue weighted by Crippen LogP contribution is 2.28. The van der Waals surface area contributed by atoms with Gasteiger partial charge >= 0.3 is 0 Å². The van der Waals surface area contributed by atoms with Crippen LogP contribution in [0.15, 0.2) is 23.1 Å². The van der Waals surface area contributed by atoms with Crippen LogP contribution in [-0.2, 0) is 20.2 Å². The van der Waals surface area contributed by atoms with Crippen molar-refractivity contribution >= 4 is 15.9 Å². The largest absolute Gasteiger partial charge is 0.353 e. The van der Waals surface area contributed by atoms with Crippen LogP contribution in [0.3, 0.4) is 0 Å². The Morgan fingerprint density at radius 2 is 1.79 bits per heavy atom. The Morgan fingerprint density at radius 3 is 2.32 bits per heavy atom. The highest BCUT2D eigenvalue weighted by atomic mass is 32.2. The SMILES string of the molecule is CCC(C)NC(=O)CN1CCN(S(=O)(=O)c2cc(C(C)(C)C)ccc2C)CC1. The molecular weight excluding hydrogens is 374 g/mol. The molecule has 0 spiro atoms. The summed E-state index contributed by atoms with van der Waals surface area (Å²) in [7, 11) is -3.54. The normalized spacial score (nSPS) is 18.1. The van der Waals surface area contributed by atoms with Crippen molar-refractivity contribution in [2.45, 2.75) is 64.3 Å². The molecule has 1 atom stereocenters. The second-order valence-corrected chi connectivity index (χ2v) is 10.7. The number of aryl methyl sites for hydroxylation is 1. The minimum Gasteiger partial charge on any atom is -0.353 e. The van der Waals surface area contributed by atoms with Crippen LogP contribution < -0.4 is 5.32 Å². The number of benzene rings is 1. The molecule has 1 aliphatic heterocycles. The molecule has 1 aliphatic rings. The molecule has 0 aliphatic carbocycles. The lowest BCUT2D eigenvalue weighted by Crippen LogP contribution is -2.51. The number of sulfonamides is 1. The molecule has 1 saturated heterocycles. The fourth-order valence-electron chi connectivity index (χ4n) is 3.24. The van der Waals surface area contributed by atoms with Gasteiger partial charge in [0.2, 0.25) is 15.9 Å². The first kappa shape index (κ1) is 22.8. The molecule has 0 radical (unpaired) electrons. The number of hydrogen-bond donors (Lipinski definition) is 1. The first-order valence-electron chi connectivity index (χ1n) is 10.1. The van der Waals surface area contributed by atoms with Crippen LogP contribution in [-0.4, -0.2) is 62.3 Å². The highest BCUT2D eigenvalue weighted by molar-refractivity contribution is 7.89. The first-order valence-corrected chi connectivity index (χ1v) is 11.5. The molecular formula is C21H35N3O3S. The van der Waals surface area contributed by atoms with Crippen LogP contribution in [0.4, 0.5) is 0 Å². The summed E-state index contributed by atoms with van der Waals surface area (Å²) in [5, 5.41) is 2.96. The molecule has 158 valence electrons. The molecule has 1 N–H and O–H groups in total. The van der Waals surface area contributed by atoms with Crippen LogP contribution in [0.25, 0.3) is 0 Å². The summed E-state index contributed by atoms with van der Waals surface area (Å²) in [5.41, 5.74) is 1.67. The maximum atomic E-state index is 13.2. The minimum absolute atomic E-state index is 0.000574. The Kier molecular flexibility index (Phi) is 7.28. The maximum Gasteiger partial charge on any atom is 0.243 e. The second kappa shape index (κ2) is 8.93. The molecule has 28 heavy (non-hydrogen) atoms. The summed E-state index contributed by atoms with van der Waals surface area (Å²) in [5.74, 6) is -0.000574. The molecule has 0 aromatic heterocycles. The van der Waals surface area contributed by atoms with Gasteiger partial charge < -0.3 is 5.32 Å². The lowest BCUT2D eigenvalue weighted by molar-refractivity contribution is -0.123. The van der Waals surface area contributed by atoms with Gasteiger partial charge in [-0.05, 0) is 42.9 Å². The number of amides is 1. The summed E-state index contributed by atoms with van der Waals surface area (Å²) < 4.78 is 28.0. The van der Waals surface area contributed by atoms with Gasteiger partial charge in [-0.25, -0.2) is 8.42 Å². The van der Waals surface area contributed by atoms with Crippen molar-refractivity contribution in [2.75, 3.05) is 32.7 Å². The van der Waals surface area contributed by atoms with Crippen molar-refractivity contribution in [3.63, 3.8) is 0 Å². The van der Waals surface area contributed by atoms with Gasteiger partial charge in [-0.15, -0.1) is 0 Å². The average molecular weight is 410 g/mol. The average Bonchev–Trinajstić information content (AvgIpc) is 2.61. The zero-order valence-electron chi connectivity index (χ0n) is 18.1. The van der Waals surface area contributed by atoms with Crippen LogP contribution >= 0.6 is 0 Å². The number of hydrogen-bond acceptors (Lipinski definition) is 4. The van der Waals surface area contributed by atoms with E-state index >= 15 is 0 Å². The lowest BCUT2D eigenvalue weighted by atomic mass is 9.87. The van der Waals surface area contributed by atoms with Crippen molar-refractivity contribution in [3.8, 4) is 0 Å². The molecule has 1 fully saturated rings. The van der Waals surface area contributed by atoms with Gasteiger partial charge in [0.05, 0.1) is 11.4 Å². The molecule has 1 amide bonds. The smallest absolute Gasteiger partial charge is 0.243 e. The quantitative estimate of drug-likeness (QED) is 0.784. The number of rotatable bonds is 6. The highest BCUT2D eigenvalue weighted by Gasteiger charge is 2.31. The Bertz CT molecular complexity index is 792. The van der Waals surface area contributed by atoms with Gasteiger partial charge in [0.1, 0.15) is 0 Å². The zero-order chi connectivity index (χ0) is 21.1. The summed E-state index contributed by atoms with van der Waals surface area (Å²) in [6, 6.07) is 5.87. The molecule has 6 nitrogen and oxygen atoms in total. The van der Waals surface area contributed by atoms with Crippen molar-refractivity contribution in [1.82, 2.24) is 14.5 Å². The summed E-state index contributed by atoms with van der Waals surface area (Å²) in [4.78, 5) is 14.5. The fourth-order valence-corrected chi connectivity index (χ4v) is 4.91. The third kappa shape index (κ3) is 5.55. The molecule has 0 saturated carbocycles. The van der Waals surface area contributed by atoms with Crippen molar-refractivity contribution in [3.05, 3.63) is 29.3 Å². The topological polar surface area (TPSA) is 69.7 Å². The van der Waals surface area contributed by atoms with Crippen LogP contribution in [0.2, 0.25) is 0 Å². The van der Waals surface area contributed by atoms with E-state index in [9.17, 15) is 13.2 Å². The van der Waals surface area contributed by atoms with E-state index in [1.807, 2.05) is 43.9 Å². The predicted molar refractivity (Wildman–Crippen MR) is 113 cm³/mol. The Labute approximate surface area is 170 Å². The number of carbonyl (C=O) groups is 1. The fraction of sp³-hybridized carbons (Fsp3) is 0.667. The molecule has 2 rings (SSSR count). The molecule has 1 unspecified atom stereocenters. The van der Waals surface area contributed by atoms with Gasteiger partial charge in [0.25, 0.3) is 0 Å². The van der Waals surface area contributed by atoms with Gasteiger partial charge in [0, 0.05) is 32.2 Å². The Balaban J connectivity index is 2.06. The number of nitrogens with zero attached hydrogens (tertiary/aromatic N) is 2. The van der Waals surface area contributed by atoms with Crippen molar-refractivity contribution < 1.29 is 13.2 Å². The van der Waals surface area contributed by atoms with Gasteiger partial charge in [-0.1, -0.05) is 39.8 Å². The number of piperazine rings is 1. The van der Waals surface area contributed by atoms with E-state index in [4.69, 9.17) is 0 Å². The van der Waals surface area contributed by atoms with E-state index in [1.54, 1.807) is 4.31 Å². The van der Waals surface area contributed by atoms with Crippen LogP contribution in [0, 0.1) is 6.92 Å². The predicted octanol–water partition coefficient (Wildman–Crippen LogP) is 2.51. The van der Waals surface area contributed by atoms with E-state index in [0.717, 1.165) is 17.5 Å². The Morgan fingerprint density at radius 1 is 1.18 bits per heavy atom. The zero-order valence-corrected chi connectivity index (χ0v) is 18.9. The first-order chi connectivity index (χ1) is 12.9. The van der Waals surface area contributed by atoms with E-state index in [1.165, 1.54) is 0 Å². The molecule has 7 heteroatoms. The van der Waals surface area contributed by atoms with Crippen molar-refractivity contribution in [1.29, 1.82) is 0 Å². The van der Waals surface area contributed by atoms with Crippen LogP contribution in [0.5, 0.6) is 0 Å². The number of nitrogens with one attached hydrogen (secondary N) is 1. The van der Waals surface area contributed by atoms with E-state index in [2.05, 4.69) is 26.1 Å². The summed E-state index contributed by atoms with van der Waals surface area (Å²) >= 11 is 0. The monoisotopic (exact) mass is 409 g/mol. The second-order valence-electron chi connectivity index (χ2n) is 8.79. The minimum atomic E-state index is -3.54. The van der Waals surface area contributed by atoms with E-state index < -0.39 is 10.0 Å². The van der Waals surface area contributed by atoms with E-state index in [0.29, 0.717) is 37.6 Å². The van der Waals surface area contributed by atoms with Crippen LogP contribution in [0.1, 0.15) is 52.2 Å². The summed E-state index contributed by atoms with van der Waals surface area (Å²) in [6.45, 7) is 14.3. The standard InChI is InChI=1S/C21H35N3O3S/c1-7-17(3)22-20(25)15-23-10-12-24(13-11-23)28(26,27)19-14-18(21(4,5)6)9-8-16(19)2/h8-9,14,17H,7,10-13,15H2,1-6H3,(H,22,25). The van der Waals surface area contributed by atoms with Gasteiger partial charge in [0.15, 0.2) is 0 Å². The van der Waals surface area contributed by atoms with Gasteiger partial charge in [-0.3, -0.25) is 9.69 Å². The van der Waals surface area contributed by atoms with E-state index in [-0.39, 0.29) is 17.4 Å². The molecule has 1 heterocycles. The Hall–Kier alpha value is -1.44. The number of carbonyl (C=O) groups excluding carboxylic acids is 1. The molecule has 0 bridgehead atoms. The molecule has 1 aromatic carbocycles.